The number of nitrogens with zero attached hydrogens (tertiary/aromatic N) is 7. The maximum absolute atomic E-state index is 13.5. The van der Waals surface area contributed by atoms with Gasteiger partial charge >= 0.3 is 0 Å². The van der Waals surface area contributed by atoms with Gasteiger partial charge in [-0.15, -0.1) is 0 Å². The summed E-state index contributed by atoms with van der Waals surface area (Å²) in [7, 11) is 1.62. The number of benzene rings is 1. The van der Waals surface area contributed by atoms with Crippen molar-refractivity contribution in [2.75, 3.05) is 59.8 Å². The number of aliphatic hydroxyl groups is 1. The molecule has 0 aliphatic carbocycles. The van der Waals surface area contributed by atoms with Crippen LogP contribution in [-0.4, -0.2) is 92.8 Å². The van der Waals surface area contributed by atoms with Crippen LogP contribution in [0, 0.1) is 0 Å². The van der Waals surface area contributed by atoms with Gasteiger partial charge in [-0.1, -0.05) is 6.58 Å². The molecule has 3 aliphatic heterocycles. The lowest BCUT2D eigenvalue weighted by Gasteiger charge is -2.46. The van der Waals surface area contributed by atoms with E-state index in [1.165, 1.54) is 10.6 Å². The number of amides is 2. The van der Waals surface area contributed by atoms with Gasteiger partial charge in [0.1, 0.15) is 5.82 Å². The van der Waals surface area contributed by atoms with Gasteiger partial charge in [0.15, 0.2) is 5.82 Å². The molecule has 1 unspecified atom stereocenters. The third-order valence-electron chi connectivity index (χ3n) is 9.54. The Labute approximate surface area is 289 Å². The number of aryl methyl sites for hydroxylation is 1. The number of hydrogen-bond acceptors (Lipinski definition) is 11. The summed E-state index contributed by atoms with van der Waals surface area (Å²) in [6, 6.07) is 11.3. The predicted octanol–water partition coefficient (Wildman–Crippen LogP) is 2.71. The summed E-state index contributed by atoms with van der Waals surface area (Å²) >= 11 is 0. The van der Waals surface area contributed by atoms with Crippen molar-refractivity contribution >= 4 is 40.5 Å². The Bertz CT molecular complexity index is 2030. The molecule has 1 aromatic carbocycles. The summed E-state index contributed by atoms with van der Waals surface area (Å²) in [5.74, 6) is -0.237. The highest BCUT2D eigenvalue weighted by atomic mass is 16.5. The minimum absolute atomic E-state index is 0.0414. The molecule has 0 radical (unpaired) electrons. The standard InChI is InChI=1S/C36H39N9O5/c1-4-32(47)40-29-16-23(7-8-31(29)44-15-14-43(17-22(44)2)24-20-50-21-24)39-33-36(49)42(3)18-30(41-33)25-9-12-38-34(27(25)19-46)45-13-10-28-26(35(45)48)6-5-11-37-28/h4-9,11-12,16,18,22,24,46H,1,10,13-15,17,19-21H2,2-3H3,(H,39,41)(H,40,47). The lowest BCUT2D eigenvalue weighted by Crippen LogP contribution is -2.59. The van der Waals surface area contributed by atoms with Gasteiger partial charge in [-0.05, 0) is 49.4 Å². The SMILES string of the molecule is C=CC(=O)Nc1cc(Nc2nc(-c3ccnc(N4CCc5ncccc5C4=O)c3CO)cn(C)c2=O)ccc1N1CCN(C2COC2)CC1C. The number of fused-ring (bicyclic) bond motifs is 1. The van der Waals surface area contributed by atoms with Crippen molar-refractivity contribution in [3.63, 3.8) is 0 Å². The van der Waals surface area contributed by atoms with E-state index in [0.717, 1.165) is 44.2 Å². The molecule has 4 aromatic rings. The van der Waals surface area contributed by atoms with Crippen molar-refractivity contribution in [3.05, 3.63) is 94.8 Å². The highest BCUT2D eigenvalue weighted by molar-refractivity contribution is 6.08. The zero-order valence-electron chi connectivity index (χ0n) is 28.0. The van der Waals surface area contributed by atoms with Crippen LogP contribution in [0.5, 0.6) is 0 Å². The molecule has 1 atom stereocenters. The monoisotopic (exact) mass is 677 g/mol. The predicted molar refractivity (Wildman–Crippen MR) is 190 cm³/mol. The van der Waals surface area contributed by atoms with Crippen LogP contribution in [0.2, 0.25) is 0 Å². The number of piperazine rings is 1. The molecule has 3 N–H and O–H groups in total. The molecule has 6 heterocycles. The van der Waals surface area contributed by atoms with Crippen molar-refractivity contribution in [2.45, 2.75) is 32.0 Å². The fourth-order valence-corrected chi connectivity index (χ4v) is 6.82. The van der Waals surface area contributed by atoms with E-state index in [-0.39, 0.29) is 29.2 Å². The normalized spacial score (nSPS) is 18.0. The molecule has 14 nitrogen and oxygen atoms in total. The lowest BCUT2D eigenvalue weighted by atomic mass is 10.0. The second-order valence-corrected chi connectivity index (χ2v) is 12.7. The van der Waals surface area contributed by atoms with Crippen molar-refractivity contribution in [1.82, 2.24) is 24.4 Å². The van der Waals surface area contributed by atoms with Crippen LogP contribution in [0.25, 0.3) is 11.3 Å². The molecule has 3 aromatic heterocycles. The maximum Gasteiger partial charge on any atom is 0.293 e. The molecule has 14 heteroatoms. The highest BCUT2D eigenvalue weighted by Gasteiger charge is 2.33. The average molecular weight is 678 g/mol. The van der Waals surface area contributed by atoms with E-state index >= 15 is 0 Å². The first-order valence-corrected chi connectivity index (χ1v) is 16.6. The lowest BCUT2D eigenvalue weighted by molar-refractivity contribution is -0.111. The third kappa shape index (κ3) is 6.24. The number of aliphatic hydroxyl groups excluding tert-OH is 1. The summed E-state index contributed by atoms with van der Waals surface area (Å²) in [6.07, 6.45) is 6.57. The Hall–Kier alpha value is -5.44. The molecule has 0 bridgehead atoms. The number of pyridine rings is 2. The van der Waals surface area contributed by atoms with Crippen LogP contribution in [0.1, 0.15) is 28.5 Å². The molecule has 2 amide bonds. The number of ether oxygens (including phenoxy) is 1. The Morgan fingerprint density at radius 1 is 1.10 bits per heavy atom. The molecule has 2 fully saturated rings. The number of carbonyl (C=O) groups is 2. The Kier molecular flexibility index (Phi) is 9.14. The van der Waals surface area contributed by atoms with Crippen LogP contribution >= 0.6 is 0 Å². The second-order valence-electron chi connectivity index (χ2n) is 12.7. The minimum atomic E-state index is -0.412. The third-order valence-corrected chi connectivity index (χ3v) is 9.54. The minimum Gasteiger partial charge on any atom is -0.392 e. The van der Waals surface area contributed by atoms with Crippen LogP contribution in [-0.2, 0) is 29.6 Å². The summed E-state index contributed by atoms with van der Waals surface area (Å²) in [4.78, 5) is 59.1. The first kappa shape index (κ1) is 33.1. The zero-order chi connectivity index (χ0) is 34.9. The van der Waals surface area contributed by atoms with Gasteiger partial charge in [0, 0.05) is 81.1 Å². The van der Waals surface area contributed by atoms with E-state index in [1.807, 2.05) is 12.1 Å². The van der Waals surface area contributed by atoms with Crippen molar-refractivity contribution < 1.29 is 19.4 Å². The molecule has 3 aliphatic rings. The number of anilines is 5. The van der Waals surface area contributed by atoms with E-state index in [0.29, 0.717) is 58.6 Å². The van der Waals surface area contributed by atoms with Crippen LogP contribution in [0.3, 0.4) is 0 Å². The van der Waals surface area contributed by atoms with Gasteiger partial charge in [-0.3, -0.25) is 29.2 Å². The van der Waals surface area contributed by atoms with Gasteiger partial charge < -0.3 is 29.9 Å². The van der Waals surface area contributed by atoms with Crippen molar-refractivity contribution in [1.29, 1.82) is 0 Å². The van der Waals surface area contributed by atoms with Crippen molar-refractivity contribution in [2.24, 2.45) is 7.05 Å². The first-order chi connectivity index (χ1) is 24.2. The van der Waals surface area contributed by atoms with Gasteiger partial charge in [0.05, 0.1) is 54.2 Å². The number of hydrogen-bond donors (Lipinski definition) is 3. The van der Waals surface area contributed by atoms with Crippen LogP contribution in [0.15, 0.2) is 72.4 Å². The fourth-order valence-electron chi connectivity index (χ4n) is 6.82. The number of rotatable bonds is 9. The molecular formula is C36H39N9O5. The maximum atomic E-state index is 13.5. The molecular weight excluding hydrogens is 638 g/mol. The molecule has 0 spiro atoms. The van der Waals surface area contributed by atoms with Gasteiger partial charge in [0.2, 0.25) is 5.91 Å². The highest BCUT2D eigenvalue weighted by Crippen LogP contribution is 2.35. The average Bonchev–Trinajstić information content (AvgIpc) is 3.10. The fraction of sp³-hybridized carbons (Fsp3) is 0.333. The smallest absolute Gasteiger partial charge is 0.293 e. The second kappa shape index (κ2) is 13.8. The molecule has 2 saturated heterocycles. The van der Waals surface area contributed by atoms with E-state index in [1.54, 1.807) is 54.8 Å². The first-order valence-electron chi connectivity index (χ1n) is 16.6. The van der Waals surface area contributed by atoms with E-state index in [2.05, 4.69) is 43.9 Å². The van der Waals surface area contributed by atoms with Gasteiger partial charge in [-0.25, -0.2) is 9.97 Å². The molecule has 7 rings (SSSR count). The summed E-state index contributed by atoms with van der Waals surface area (Å²) in [5.41, 5.74) is 4.14. The number of carbonyl (C=O) groups excluding carboxylic acids is 2. The molecule has 50 heavy (non-hydrogen) atoms. The Morgan fingerprint density at radius 3 is 2.68 bits per heavy atom. The number of aromatic nitrogens is 4. The van der Waals surface area contributed by atoms with E-state index in [4.69, 9.17) is 9.72 Å². The largest absolute Gasteiger partial charge is 0.392 e. The van der Waals surface area contributed by atoms with Crippen molar-refractivity contribution in [3.8, 4) is 11.3 Å². The Morgan fingerprint density at radius 2 is 1.94 bits per heavy atom. The summed E-state index contributed by atoms with van der Waals surface area (Å²) in [5, 5.41) is 16.7. The van der Waals surface area contributed by atoms with E-state index < -0.39 is 6.61 Å². The quantitative estimate of drug-likeness (QED) is 0.224. The van der Waals surface area contributed by atoms with Gasteiger partial charge in [-0.2, -0.15) is 0 Å². The Balaban J connectivity index is 1.19. The van der Waals surface area contributed by atoms with Gasteiger partial charge in [0.25, 0.3) is 11.5 Å². The summed E-state index contributed by atoms with van der Waals surface area (Å²) in [6.45, 7) is 9.77. The topological polar surface area (TPSA) is 158 Å². The zero-order valence-corrected chi connectivity index (χ0v) is 28.0. The van der Waals surface area contributed by atoms with Crippen LogP contribution < -0.4 is 26.0 Å². The molecule has 258 valence electrons. The van der Waals surface area contributed by atoms with E-state index in [9.17, 15) is 19.5 Å². The van der Waals surface area contributed by atoms with Crippen LogP contribution in [0.4, 0.5) is 28.7 Å². The number of nitrogens with one attached hydrogen (secondary N) is 2. The summed E-state index contributed by atoms with van der Waals surface area (Å²) < 4.78 is 6.80. The molecule has 0 saturated carbocycles.